The molecule has 0 aliphatic carbocycles. The lowest BCUT2D eigenvalue weighted by atomic mass is 9.91. The van der Waals surface area contributed by atoms with Crippen molar-refractivity contribution >= 4 is 17.7 Å². The maximum absolute atomic E-state index is 14.3. The van der Waals surface area contributed by atoms with E-state index < -0.39 is 41.4 Å². The zero-order chi connectivity index (χ0) is 23.1. The first-order chi connectivity index (χ1) is 14.5. The van der Waals surface area contributed by atoms with Crippen molar-refractivity contribution < 1.29 is 27.9 Å². The molecule has 166 valence electrons. The van der Waals surface area contributed by atoms with Crippen molar-refractivity contribution in [2.45, 2.75) is 39.3 Å². The zero-order valence-electron chi connectivity index (χ0n) is 18.1. The second-order valence-electron chi connectivity index (χ2n) is 7.95. The monoisotopic (exact) mass is 433 g/mol. The molecule has 2 heterocycles. The number of nitrogens with zero attached hydrogens (tertiary/aromatic N) is 2. The number of aromatic nitrogens is 1. The second kappa shape index (κ2) is 8.22. The summed E-state index contributed by atoms with van der Waals surface area (Å²) in [6.45, 7) is 6.81. The Bertz CT molecular complexity index is 1070. The SMILES string of the molecule is COC[C@@H](C)n1c(C)cc(C(=O)CN2C(=O)N[C@@](C)(c3cc(F)ccc3F)C2=O)c1C. The first-order valence-electron chi connectivity index (χ1n) is 9.81. The number of halogens is 2. The molecular formula is C22H25F2N3O4. The van der Waals surface area contributed by atoms with Crippen molar-refractivity contribution in [2.75, 3.05) is 20.3 Å². The number of rotatable bonds is 7. The molecule has 0 spiro atoms. The molecule has 7 nitrogen and oxygen atoms in total. The van der Waals surface area contributed by atoms with Gasteiger partial charge in [0.1, 0.15) is 17.2 Å². The first kappa shape index (κ1) is 22.6. The number of imide groups is 1. The molecule has 0 saturated carbocycles. The van der Waals surface area contributed by atoms with Gasteiger partial charge < -0.3 is 14.6 Å². The third-order valence-electron chi connectivity index (χ3n) is 5.68. The number of benzene rings is 1. The molecule has 3 amide bonds. The van der Waals surface area contributed by atoms with Gasteiger partial charge in [0, 0.05) is 29.6 Å². The molecule has 1 aliphatic rings. The molecule has 2 aromatic rings. The summed E-state index contributed by atoms with van der Waals surface area (Å²) >= 11 is 0. The van der Waals surface area contributed by atoms with Crippen LogP contribution in [0.2, 0.25) is 0 Å². The average molecular weight is 433 g/mol. The van der Waals surface area contributed by atoms with Crippen molar-refractivity contribution in [1.29, 1.82) is 0 Å². The summed E-state index contributed by atoms with van der Waals surface area (Å²) in [6, 6.07) is 3.52. The lowest BCUT2D eigenvalue weighted by Crippen LogP contribution is -2.42. The molecular weight excluding hydrogens is 408 g/mol. The molecule has 1 aromatic carbocycles. The maximum atomic E-state index is 14.3. The molecule has 31 heavy (non-hydrogen) atoms. The topological polar surface area (TPSA) is 80.6 Å². The van der Waals surface area contributed by atoms with E-state index in [2.05, 4.69) is 5.32 Å². The number of ketones is 1. The van der Waals surface area contributed by atoms with E-state index in [9.17, 15) is 23.2 Å². The standard InChI is InChI=1S/C22H25F2N3O4/c1-12-8-16(14(3)27(12)13(2)11-31-5)19(28)10-26-20(29)22(4,25-21(26)30)17-9-15(23)6-7-18(17)24/h6-9,13H,10-11H2,1-5H3,(H,25,30)/t13-,22+/m1/s1. The van der Waals surface area contributed by atoms with Crippen LogP contribution in [0, 0.1) is 25.5 Å². The highest BCUT2D eigenvalue weighted by molar-refractivity contribution is 6.11. The van der Waals surface area contributed by atoms with Crippen LogP contribution in [0.3, 0.4) is 0 Å². The fraction of sp³-hybridized carbons (Fsp3) is 0.409. The number of aryl methyl sites for hydroxylation is 1. The van der Waals surface area contributed by atoms with Crippen LogP contribution in [0.15, 0.2) is 24.3 Å². The molecule has 1 saturated heterocycles. The molecule has 1 aromatic heterocycles. The Hall–Kier alpha value is -3.07. The lowest BCUT2D eigenvalue weighted by Gasteiger charge is -2.22. The van der Waals surface area contributed by atoms with E-state index >= 15 is 0 Å². The van der Waals surface area contributed by atoms with Crippen molar-refractivity contribution in [1.82, 2.24) is 14.8 Å². The van der Waals surface area contributed by atoms with Gasteiger partial charge in [0.05, 0.1) is 19.2 Å². The Morgan fingerprint density at radius 1 is 1.23 bits per heavy atom. The van der Waals surface area contributed by atoms with Crippen LogP contribution in [-0.2, 0) is 15.1 Å². The maximum Gasteiger partial charge on any atom is 0.325 e. The lowest BCUT2D eigenvalue weighted by molar-refractivity contribution is -0.130. The van der Waals surface area contributed by atoms with Crippen LogP contribution in [0.5, 0.6) is 0 Å². The minimum absolute atomic E-state index is 0.0116. The van der Waals surface area contributed by atoms with Gasteiger partial charge >= 0.3 is 6.03 Å². The van der Waals surface area contributed by atoms with E-state index in [0.29, 0.717) is 17.9 Å². The van der Waals surface area contributed by atoms with Crippen molar-refractivity contribution in [2.24, 2.45) is 0 Å². The van der Waals surface area contributed by atoms with Crippen molar-refractivity contribution in [3.05, 3.63) is 58.4 Å². The Labute approximate surface area is 179 Å². The van der Waals surface area contributed by atoms with Gasteiger partial charge in [-0.1, -0.05) is 0 Å². The summed E-state index contributed by atoms with van der Waals surface area (Å²) in [4.78, 5) is 39.2. The minimum Gasteiger partial charge on any atom is -0.383 e. The molecule has 0 unspecified atom stereocenters. The van der Waals surface area contributed by atoms with Crippen molar-refractivity contribution in [3.8, 4) is 0 Å². The van der Waals surface area contributed by atoms with Gasteiger partial charge in [0.25, 0.3) is 5.91 Å². The molecule has 0 bridgehead atoms. The number of urea groups is 1. The van der Waals surface area contributed by atoms with Crippen LogP contribution in [-0.4, -0.2) is 47.4 Å². The fourth-order valence-electron chi connectivity index (χ4n) is 4.19. The van der Waals surface area contributed by atoms with Crippen LogP contribution >= 0.6 is 0 Å². The zero-order valence-corrected chi connectivity index (χ0v) is 18.1. The van der Waals surface area contributed by atoms with Crippen LogP contribution in [0.4, 0.5) is 13.6 Å². The number of carbonyl (C=O) groups excluding carboxylic acids is 3. The third kappa shape index (κ3) is 3.85. The number of hydrogen-bond donors (Lipinski definition) is 1. The molecule has 1 aliphatic heterocycles. The molecule has 1 N–H and O–H groups in total. The molecule has 3 rings (SSSR count). The number of nitrogens with one attached hydrogen (secondary N) is 1. The highest BCUT2D eigenvalue weighted by atomic mass is 19.1. The number of Topliss-reactive ketones (excluding diaryl/α,β-unsaturated/α-hetero) is 1. The largest absolute Gasteiger partial charge is 0.383 e. The number of ether oxygens (including phenoxy) is 1. The van der Waals surface area contributed by atoms with Gasteiger partial charge in [-0.05, 0) is 52.0 Å². The van der Waals surface area contributed by atoms with Gasteiger partial charge in [0.2, 0.25) is 0 Å². The Kier molecular flexibility index (Phi) is 6.00. The van der Waals surface area contributed by atoms with Gasteiger partial charge in [-0.3, -0.25) is 14.5 Å². The predicted octanol–water partition coefficient (Wildman–Crippen LogP) is 3.24. The van der Waals surface area contributed by atoms with Gasteiger partial charge in [-0.15, -0.1) is 0 Å². The third-order valence-corrected chi connectivity index (χ3v) is 5.68. The van der Waals surface area contributed by atoms with Gasteiger partial charge in [-0.25, -0.2) is 13.6 Å². The summed E-state index contributed by atoms with van der Waals surface area (Å²) in [5.41, 5.74) is -0.195. The summed E-state index contributed by atoms with van der Waals surface area (Å²) < 4.78 is 35.1. The molecule has 0 radical (unpaired) electrons. The first-order valence-corrected chi connectivity index (χ1v) is 9.81. The van der Waals surface area contributed by atoms with E-state index in [1.54, 1.807) is 20.1 Å². The predicted molar refractivity (Wildman–Crippen MR) is 109 cm³/mol. The smallest absolute Gasteiger partial charge is 0.325 e. The Morgan fingerprint density at radius 3 is 2.55 bits per heavy atom. The van der Waals surface area contributed by atoms with Crippen molar-refractivity contribution in [3.63, 3.8) is 0 Å². The Balaban J connectivity index is 1.88. The van der Waals surface area contributed by atoms with Gasteiger partial charge in [0.15, 0.2) is 5.78 Å². The van der Waals surface area contributed by atoms with E-state index in [-0.39, 0.29) is 11.6 Å². The highest BCUT2D eigenvalue weighted by Crippen LogP contribution is 2.31. The highest BCUT2D eigenvalue weighted by Gasteiger charge is 2.51. The molecule has 1 fully saturated rings. The summed E-state index contributed by atoms with van der Waals surface area (Å²) in [5.74, 6) is -2.83. The van der Waals surface area contributed by atoms with E-state index in [0.717, 1.165) is 28.8 Å². The number of amides is 3. The number of hydrogen-bond acceptors (Lipinski definition) is 4. The molecule has 9 heteroatoms. The molecule has 2 atom stereocenters. The van der Waals surface area contributed by atoms with Crippen LogP contribution in [0.25, 0.3) is 0 Å². The van der Waals surface area contributed by atoms with E-state index in [1.807, 2.05) is 18.4 Å². The minimum atomic E-state index is -1.81. The van der Waals surface area contributed by atoms with E-state index in [4.69, 9.17) is 4.74 Å². The van der Waals surface area contributed by atoms with E-state index in [1.165, 1.54) is 6.92 Å². The normalized spacial score (nSPS) is 19.6. The Morgan fingerprint density at radius 2 is 1.90 bits per heavy atom. The fourth-order valence-corrected chi connectivity index (χ4v) is 4.19. The van der Waals surface area contributed by atoms with Crippen LogP contribution < -0.4 is 5.32 Å². The second-order valence-corrected chi connectivity index (χ2v) is 7.95. The number of carbonyl (C=O) groups is 3. The van der Waals surface area contributed by atoms with Crippen LogP contribution in [0.1, 0.15) is 47.2 Å². The summed E-state index contributed by atoms with van der Waals surface area (Å²) in [6.07, 6.45) is 0. The quantitative estimate of drug-likeness (QED) is 0.537. The average Bonchev–Trinajstić information content (AvgIpc) is 3.11. The number of methoxy groups -OCH3 is 1. The summed E-state index contributed by atoms with van der Waals surface area (Å²) in [5, 5.41) is 2.39. The van der Waals surface area contributed by atoms with Gasteiger partial charge in [-0.2, -0.15) is 0 Å². The summed E-state index contributed by atoms with van der Waals surface area (Å²) in [7, 11) is 1.59.